The first kappa shape index (κ1) is 10.3. The second kappa shape index (κ2) is 5.75. The molecule has 74 valence electrons. The van der Waals surface area contributed by atoms with Crippen LogP contribution >= 0.6 is 0 Å². The fourth-order valence-corrected chi connectivity index (χ4v) is 1.42. The van der Waals surface area contributed by atoms with Crippen molar-refractivity contribution in [2.45, 2.75) is 32.2 Å². The SMILES string of the molecule is CCOC(=O)CNC1CC=CCC1. The fourth-order valence-electron chi connectivity index (χ4n) is 1.42. The van der Waals surface area contributed by atoms with E-state index in [2.05, 4.69) is 17.5 Å². The van der Waals surface area contributed by atoms with Gasteiger partial charge in [-0.15, -0.1) is 0 Å². The molecule has 0 aliphatic heterocycles. The Morgan fingerprint density at radius 2 is 2.46 bits per heavy atom. The van der Waals surface area contributed by atoms with Gasteiger partial charge in [-0.3, -0.25) is 4.79 Å². The minimum absolute atomic E-state index is 0.156. The second-order valence-electron chi connectivity index (χ2n) is 3.17. The van der Waals surface area contributed by atoms with Gasteiger partial charge in [-0.05, 0) is 26.2 Å². The summed E-state index contributed by atoms with van der Waals surface area (Å²) in [7, 11) is 0. The zero-order valence-electron chi connectivity index (χ0n) is 8.08. The molecule has 0 amide bonds. The molecule has 0 radical (unpaired) electrons. The van der Waals surface area contributed by atoms with Gasteiger partial charge in [0.1, 0.15) is 0 Å². The van der Waals surface area contributed by atoms with E-state index in [1.54, 1.807) is 0 Å². The smallest absolute Gasteiger partial charge is 0.319 e. The van der Waals surface area contributed by atoms with Gasteiger partial charge in [0.2, 0.25) is 0 Å². The zero-order chi connectivity index (χ0) is 9.52. The largest absolute Gasteiger partial charge is 0.465 e. The first-order valence-corrected chi connectivity index (χ1v) is 4.87. The van der Waals surface area contributed by atoms with Gasteiger partial charge in [0.15, 0.2) is 0 Å². The third kappa shape index (κ3) is 4.08. The lowest BCUT2D eigenvalue weighted by molar-refractivity contribution is -0.142. The number of nitrogens with one attached hydrogen (secondary N) is 1. The Bertz CT molecular complexity index is 189. The highest BCUT2D eigenvalue weighted by Crippen LogP contribution is 2.09. The van der Waals surface area contributed by atoms with Crippen LogP contribution in [0.5, 0.6) is 0 Å². The van der Waals surface area contributed by atoms with E-state index in [1.807, 2.05) is 6.92 Å². The molecule has 0 saturated heterocycles. The van der Waals surface area contributed by atoms with E-state index < -0.39 is 0 Å². The Hall–Kier alpha value is -0.830. The highest BCUT2D eigenvalue weighted by atomic mass is 16.5. The molecule has 1 rings (SSSR count). The predicted octanol–water partition coefficient (Wildman–Crippen LogP) is 1.25. The summed E-state index contributed by atoms with van der Waals surface area (Å²) in [4.78, 5) is 11.0. The molecule has 0 fully saturated rings. The average Bonchev–Trinajstić information content (AvgIpc) is 2.17. The van der Waals surface area contributed by atoms with Crippen LogP contribution in [0.4, 0.5) is 0 Å². The molecule has 3 nitrogen and oxygen atoms in total. The van der Waals surface area contributed by atoms with E-state index in [-0.39, 0.29) is 5.97 Å². The van der Waals surface area contributed by atoms with Gasteiger partial charge in [0.05, 0.1) is 13.2 Å². The summed E-state index contributed by atoms with van der Waals surface area (Å²) >= 11 is 0. The van der Waals surface area contributed by atoms with Crippen LogP contribution in [0.3, 0.4) is 0 Å². The van der Waals surface area contributed by atoms with E-state index in [9.17, 15) is 4.79 Å². The van der Waals surface area contributed by atoms with Gasteiger partial charge in [-0.2, -0.15) is 0 Å². The molecule has 0 saturated carbocycles. The number of ether oxygens (including phenoxy) is 1. The van der Waals surface area contributed by atoms with Crippen molar-refractivity contribution in [1.29, 1.82) is 0 Å². The Morgan fingerprint density at radius 3 is 3.08 bits per heavy atom. The Kier molecular flexibility index (Phi) is 4.54. The number of carbonyl (C=O) groups is 1. The molecule has 0 heterocycles. The third-order valence-electron chi connectivity index (χ3n) is 2.11. The molecule has 0 aromatic heterocycles. The van der Waals surface area contributed by atoms with Crippen LogP contribution in [0.2, 0.25) is 0 Å². The van der Waals surface area contributed by atoms with E-state index in [4.69, 9.17) is 4.74 Å². The lowest BCUT2D eigenvalue weighted by Gasteiger charge is -2.18. The maximum Gasteiger partial charge on any atom is 0.319 e. The lowest BCUT2D eigenvalue weighted by Crippen LogP contribution is -2.34. The van der Waals surface area contributed by atoms with Crippen LogP contribution < -0.4 is 5.32 Å². The topological polar surface area (TPSA) is 38.3 Å². The number of hydrogen-bond donors (Lipinski definition) is 1. The summed E-state index contributed by atoms with van der Waals surface area (Å²) in [5, 5.41) is 3.18. The molecular weight excluding hydrogens is 166 g/mol. The summed E-state index contributed by atoms with van der Waals surface area (Å²) in [6, 6.07) is 0.453. The van der Waals surface area contributed by atoms with Gasteiger partial charge in [0.25, 0.3) is 0 Å². The molecule has 0 bridgehead atoms. The van der Waals surface area contributed by atoms with Crippen molar-refractivity contribution in [3.05, 3.63) is 12.2 Å². The molecular formula is C10H17NO2. The molecule has 0 aromatic rings. The van der Waals surface area contributed by atoms with Crippen molar-refractivity contribution in [1.82, 2.24) is 5.32 Å². The van der Waals surface area contributed by atoms with Crippen molar-refractivity contribution in [2.75, 3.05) is 13.2 Å². The summed E-state index contributed by atoms with van der Waals surface area (Å²) < 4.78 is 4.81. The van der Waals surface area contributed by atoms with E-state index in [0.717, 1.165) is 19.3 Å². The second-order valence-corrected chi connectivity index (χ2v) is 3.17. The Balaban J connectivity index is 2.11. The van der Waals surface area contributed by atoms with Crippen molar-refractivity contribution < 1.29 is 9.53 Å². The van der Waals surface area contributed by atoms with E-state index in [0.29, 0.717) is 19.2 Å². The first-order chi connectivity index (χ1) is 6.33. The van der Waals surface area contributed by atoms with Crippen molar-refractivity contribution in [3.63, 3.8) is 0 Å². The summed E-state index contributed by atoms with van der Waals surface area (Å²) in [6.45, 7) is 2.62. The van der Waals surface area contributed by atoms with E-state index >= 15 is 0 Å². The quantitative estimate of drug-likeness (QED) is 0.526. The molecule has 1 N–H and O–H groups in total. The van der Waals surface area contributed by atoms with Gasteiger partial charge in [-0.1, -0.05) is 12.2 Å². The molecule has 0 aromatic carbocycles. The van der Waals surface area contributed by atoms with Crippen LogP contribution in [0, 0.1) is 0 Å². The highest BCUT2D eigenvalue weighted by Gasteiger charge is 2.10. The Morgan fingerprint density at radius 1 is 1.62 bits per heavy atom. The van der Waals surface area contributed by atoms with Crippen LogP contribution in [-0.4, -0.2) is 25.2 Å². The maximum absolute atomic E-state index is 11.0. The number of esters is 1. The van der Waals surface area contributed by atoms with Gasteiger partial charge < -0.3 is 10.1 Å². The van der Waals surface area contributed by atoms with E-state index in [1.165, 1.54) is 0 Å². The lowest BCUT2D eigenvalue weighted by atomic mass is 10.0. The first-order valence-electron chi connectivity index (χ1n) is 4.87. The summed E-state index contributed by atoms with van der Waals surface area (Å²) in [6.07, 6.45) is 7.60. The van der Waals surface area contributed by atoms with Crippen molar-refractivity contribution >= 4 is 5.97 Å². The number of rotatable bonds is 4. The van der Waals surface area contributed by atoms with Gasteiger partial charge in [-0.25, -0.2) is 0 Å². The maximum atomic E-state index is 11.0. The fraction of sp³-hybridized carbons (Fsp3) is 0.700. The molecule has 1 unspecified atom stereocenters. The average molecular weight is 183 g/mol. The molecule has 1 atom stereocenters. The predicted molar refractivity (Wildman–Crippen MR) is 51.4 cm³/mol. The summed E-state index contributed by atoms with van der Waals surface area (Å²) in [5.74, 6) is -0.156. The standard InChI is InChI=1S/C10H17NO2/c1-2-13-10(12)8-11-9-6-4-3-5-7-9/h3-4,9,11H,2,5-8H2,1H3. The number of hydrogen-bond acceptors (Lipinski definition) is 3. The molecule has 1 aliphatic carbocycles. The van der Waals surface area contributed by atoms with Crippen LogP contribution in [0.15, 0.2) is 12.2 Å². The minimum Gasteiger partial charge on any atom is -0.465 e. The molecule has 1 aliphatic rings. The minimum atomic E-state index is -0.156. The normalized spacial score (nSPS) is 21.5. The number of carbonyl (C=O) groups excluding carboxylic acids is 1. The molecule has 3 heteroatoms. The number of allylic oxidation sites excluding steroid dienone is 1. The summed E-state index contributed by atoms with van der Waals surface area (Å²) in [5.41, 5.74) is 0. The monoisotopic (exact) mass is 183 g/mol. The molecule has 13 heavy (non-hydrogen) atoms. The third-order valence-corrected chi connectivity index (χ3v) is 2.11. The van der Waals surface area contributed by atoms with Gasteiger partial charge >= 0.3 is 5.97 Å². The van der Waals surface area contributed by atoms with Crippen LogP contribution in [0.25, 0.3) is 0 Å². The van der Waals surface area contributed by atoms with Crippen LogP contribution in [-0.2, 0) is 9.53 Å². The molecule has 0 spiro atoms. The van der Waals surface area contributed by atoms with Crippen molar-refractivity contribution in [3.8, 4) is 0 Å². The van der Waals surface area contributed by atoms with Crippen LogP contribution in [0.1, 0.15) is 26.2 Å². The zero-order valence-corrected chi connectivity index (χ0v) is 8.08. The van der Waals surface area contributed by atoms with Crippen molar-refractivity contribution in [2.24, 2.45) is 0 Å². The Labute approximate surface area is 79.2 Å². The van der Waals surface area contributed by atoms with Gasteiger partial charge in [0, 0.05) is 6.04 Å². The highest BCUT2D eigenvalue weighted by molar-refractivity contribution is 5.71.